The fourth-order valence-corrected chi connectivity index (χ4v) is 3.21. The summed E-state index contributed by atoms with van der Waals surface area (Å²) in [5, 5.41) is 0. The molecule has 2 aromatic carbocycles. The molecule has 1 amide bonds. The van der Waals surface area contributed by atoms with Crippen molar-refractivity contribution in [3.8, 4) is 11.1 Å². The summed E-state index contributed by atoms with van der Waals surface area (Å²) in [6, 6.07) is 14.1. The van der Waals surface area contributed by atoms with E-state index in [0.29, 0.717) is 25.9 Å². The van der Waals surface area contributed by atoms with Gasteiger partial charge in [0.05, 0.1) is 6.42 Å². The van der Waals surface area contributed by atoms with E-state index in [9.17, 15) is 13.6 Å². The third kappa shape index (κ3) is 4.28. The lowest BCUT2D eigenvalue weighted by Crippen LogP contribution is -2.44. The Kier molecular flexibility index (Phi) is 5.37. The second-order valence-electron chi connectivity index (χ2n) is 7.04. The predicted molar refractivity (Wildman–Crippen MR) is 98.9 cm³/mol. The van der Waals surface area contributed by atoms with Crippen LogP contribution >= 0.6 is 0 Å². The van der Waals surface area contributed by atoms with E-state index >= 15 is 0 Å². The quantitative estimate of drug-likeness (QED) is 0.895. The molecule has 1 fully saturated rings. The van der Waals surface area contributed by atoms with Crippen LogP contribution in [0.5, 0.6) is 0 Å². The molecular weight excluding hydrogens is 334 g/mol. The summed E-state index contributed by atoms with van der Waals surface area (Å²) in [4.78, 5) is 13.7. The molecule has 0 bridgehead atoms. The molecule has 1 saturated heterocycles. The number of carbonyl (C=O) groups excluding carboxylic acids is 1. The zero-order chi connectivity index (χ0) is 18.7. The Morgan fingerprint density at radius 2 is 1.54 bits per heavy atom. The van der Waals surface area contributed by atoms with E-state index in [1.165, 1.54) is 17.0 Å². The number of nitrogens with zero attached hydrogens (tertiary/aromatic N) is 1. The molecule has 1 aliphatic heterocycles. The van der Waals surface area contributed by atoms with Crippen LogP contribution < -0.4 is 5.73 Å². The number of likely N-dealkylation sites (tertiary alicyclic amines) is 1. The molecule has 0 aliphatic carbocycles. The van der Waals surface area contributed by atoms with Gasteiger partial charge in [0, 0.05) is 24.7 Å². The van der Waals surface area contributed by atoms with Gasteiger partial charge in [-0.15, -0.1) is 0 Å². The Morgan fingerprint density at radius 1 is 1.04 bits per heavy atom. The van der Waals surface area contributed by atoms with Crippen molar-refractivity contribution in [1.82, 2.24) is 4.90 Å². The summed E-state index contributed by atoms with van der Waals surface area (Å²) < 4.78 is 29.1. The minimum atomic E-state index is -3.18. The maximum atomic E-state index is 14.6. The first-order valence-corrected chi connectivity index (χ1v) is 8.94. The molecular formula is C21H24F2N2O. The summed E-state index contributed by atoms with van der Waals surface area (Å²) >= 11 is 0. The minimum Gasteiger partial charge on any atom is -0.342 e. The number of amides is 1. The number of nitrogens with two attached hydrogens (primary N) is 1. The Labute approximate surface area is 152 Å². The van der Waals surface area contributed by atoms with Gasteiger partial charge in [-0.25, -0.2) is 8.78 Å². The number of piperidine rings is 1. The number of halogens is 2. The van der Waals surface area contributed by atoms with Gasteiger partial charge in [-0.05, 0) is 30.9 Å². The monoisotopic (exact) mass is 358 g/mol. The van der Waals surface area contributed by atoms with E-state index < -0.39 is 18.3 Å². The van der Waals surface area contributed by atoms with Crippen molar-refractivity contribution >= 4 is 5.91 Å². The van der Waals surface area contributed by atoms with E-state index in [2.05, 4.69) is 0 Å². The molecule has 0 spiro atoms. The normalized spacial score (nSPS) is 15.9. The lowest BCUT2D eigenvalue weighted by atomic mass is 9.98. The largest absolute Gasteiger partial charge is 0.342 e. The number of carbonyl (C=O) groups is 1. The van der Waals surface area contributed by atoms with Gasteiger partial charge in [-0.1, -0.05) is 54.1 Å². The van der Waals surface area contributed by atoms with Gasteiger partial charge in [0.25, 0.3) is 5.92 Å². The van der Waals surface area contributed by atoms with Crippen LogP contribution in [0.1, 0.15) is 30.4 Å². The van der Waals surface area contributed by atoms with Crippen LogP contribution in [0.15, 0.2) is 48.5 Å². The maximum absolute atomic E-state index is 14.6. The second-order valence-corrected chi connectivity index (χ2v) is 7.04. The Bertz CT molecular complexity index is 749. The average molecular weight is 358 g/mol. The number of aryl methyl sites for hydroxylation is 1. The molecule has 2 N–H and O–H groups in total. The van der Waals surface area contributed by atoms with Crippen LogP contribution in [0.25, 0.3) is 11.1 Å². The van der Waals surface area contributed by atoms with Crippen LogP contribution in [0, 0.1) is 6.92 Å². The number of alkyl halides is 2. The molecule has 5 heteroatoms. The highest BCUT2D eigenvalue weighted by Gasteiger charge is 2.36. The summed E-state index contributed by atoms with van der Waals surface area (Å²) in [6.45, 7) is 2.92. The summed E-state index contributed by atoms with van der Waals surface area (Å²) in [6.07, 6.45) is 0.539. The van der Waals surface area contributed by atoms with Gasteiger partial charge >= 0.3 is 0 Å². The van der Waals surface area contributed by atoms with Crippen molar-refractivity contribution in [2.24, 2.45) is 5.73 Å². The molecule has 0 aromatic heterocycles. The summed E-state index contributed by atoms with van der Waals surface area (Å²) in [5.41, 5.74) is 8.67. The molecule has 0 atom stereocenters. The summed E-state index contributed by atoms with van der Waals surface area (Å²) in [5.74, 6) is -3.69. The zero-order valence-electron chi connectivity index (χ0n) is 14.9. The van der Waals surface area contributed by atoms with Crippen molar-refractivity contribution in [1.29, 1.82) is 0 Å². The van der Waals surface area contributed by atoms with E-state index in [1.807, 2.05) is 31.2 Å². The molecule has 0 unspecified atom stereocenters. The molecule has 138 valence electrons. The third-order valence-electron chi connectivity index (χ3n) is 4.96. The highest BCUT2D eigenvalue weighted by molar-refractivity contribution is 5.77. The number of hydrogen-bond donors (Lipinski definition) is 1. The van der Waals surface area contributed by atoms with Crippen molar-refractivity contribution in [3.05, 3.63) is 59.7 Å². The molecule has 1 heterocycles. The van der Waals surface area contributed by atoms with E-state index in [1.54, 1.807) is 12.1 Å². The SMILES string of the molecule is Cc1ccc(-c2ccc(C(F)(F)CC(=O)N3CCC(N)CC3)cc2)cc1. The van der Waals surface area contributed by atoms with Crippen LogP contribution in [-0.4, -0.2) is 29.9 Å². The number of benzene rings is 2. The van der Waals surface area contributed by atoms with Crippen LogP contribution in [0.4, 0.5) is 8.78 Å². The third-order valence-corrected chi connectivity index (χ3v) is 4.96. The van der Waals surface area contributed by atoms with Gasteiger partial charge in [0.1, 0.15) is 0 Å². The Hall–Kier alpha value is -2.27. The first-order chi connectivity index (χ1) is 12.3. The van der Waals surface area contributed by atoms with Crippen molar-refractivity contribution in [2.75, 3.05) is 13.1 Å². The Balaban J connectivity index is 1.68. The Morgan fingerprint density at radius 3 is 2.08 bits per heavy atom. The average Bonchev–Trinajstić information content (AvgIpc) is 2.62. The van der Waals surface area contributed by atoms with Crippen LogP contribution in [0.2, 0.25) is 0 Å². The van der Waals surface area contributed by atoms with Crippen molar-refractivity contribution < 1.29 is 13.6 Å². The van der Waals surface area contributed by atoms with Gasteiger partial charge in [-0.2, -0.15) is 0 Å². The molecule has 0 saturated carbocycles. The lowest BCUT2D eigenvalue weighted by Gasteiger charge is -2.31. The van der Waals surface area contributed by atoms with E-state index in [0.717, 1.165) is 16.7 Å². The fraction of sp³-hybridized carbons (Fsp3) is 0.381. The van der Waals surface area contributed by atoms with Crippen LogP contribution in [-0.2, 0) is 10.7 Å². The maximum Gasteiger partial charge on any atom is 0.281 e. The van der Waals surface area contributed by atoms with Crippen molar-refractivity contribution in [3.63, 3.8) is 0 Å². The topological polar surface area (TPSA) is 46.3 Å². The van der Waals surface area contributed by atoms with Gasteiger partial charge < -0.3 is 10.6 Å². The van der Waals surface area contributed by atoms with Gasteiger partial charge in [0.15, 0.2) is 0 Å². The molecule has 1 aliphatic rings. The fourth-order valence-electron chi connectivity index (χ4n) is 3.21. The second kappa shape index (κ2) is 7.54. The highest BCUT2D eigenvalue weighted by Crippen LogP contribution is 2.34. The first-order valence-electron chi connectivity index (χ1n) is 8.94. The van der Waals surface area contributed by atoms with Gasteiger partial charge in [-0.3, -0.25) is 4.79 Å². The standard InChI is InChI=1S/C21H24F2N2O/c1-15-2-4-16(5-3-15)17-6-8-18(9-7-17)21(22,23)14-20(26)25-12-10-19(24)11-13-25/h2-9,19H,10-14,24H2,1H3. The highest BCUT2D eigenvalue weighted by atomic mass is 19.3. The predicted octanol–water partition coefficient (Wildman–Crippen LogP) is 4.09. The number of rotatable bonds is 4. The molecule has 26 heavy (non-hydrogen) atoms. The smallest absolute Gasteiger partial charge is 0.281 e. The molecule has 3 rings (SSSR count). The van der Waals surface area contributed by atoms with Crippen molar-refractivity contribution in [2.45, 2.75) is 38.2 Å². The van der Waals surface area contributed by atoms with Gasteiger partial charge in [0.2, 0.25) is 5.91 Å². The summed E-state index contributed by atoms with van der Waals surface area (Å²) in [7, 11) is 0. The lowest BCUT2D eigenvalue weighted by molar-refractivity contribution is -0.140. The minimum absolute atomic E-state index is 0.0638. The van der Waals surface area contributed by atoms with E-state index in [-0.39, 0.29) is 11.6 Å². The molecule has 3 nitrogen and oxygen atoms in total. The number of hydrogen-bond acceptors (Lipinski definition) is 2. The first kappa shape index (κ1) is 18.5. The molecule has 2 aromatic rings. The van der Waals surface area contributed by atoms with E-state index in [4.69, 9.17) is 5.73 Å². The van der Waals surface area contributed by atoms with Crippen LogP contribution in [0.3, 0.4) is 0 Å². The zero-order valence-corrected chi connectivity index (χ0v) is 14.9. The molecule has 0 radical (unpaired) electrons.